The third-order valence-electron chi connectivity index (χ3n) is 3.00. The number of aromatic nitrogens is 2. The second-order valence-corrected chi connectivity index (χ2v) is 6.26. The van der Waals surface area contributed by atoms with E-state index in [0.29, 0.717) is 0 Å². The lowest BCUT2D eigenvalue weighted by molar-refractivity contribution is -0.123. The molecule has 0 fully saturated rings. The third kappa shape index (κ3) is 3.12. The van der Waals surface area contributed by atoms with Gasteiger partial charge in [-0.15, -0.1) is 11.6 Å². The highest BCUT2D eigenvalue weighted by molar-refractivity contribution is 6.16. The van der Waals surface area contributed by atoms with E-state index in [1.807, 2.05) is 50.5 Å². The molecule has 2 aromatic rings. The quantitative estimate of drug-likeness (QED) is 0.884. The normalized spacial score (nSPS) is 11.8. The molecule has 1 aromatic heterocycles. The molecule has 108 valence electrons. The van der Waals surface area contributed by atoms with Crippen LogP contribution < -0.4 is 5.32 Å². The Labute approximate surface area is 124 Å². The molecule has 20 heavy (non-hydrogen) atoms. The maximum Gasteiger partial charge on any atom is 0.240 e. The summed E-state index contributed by atoms with van der Waals surface area (Å²) in [6.07, 6.45) is 0. The second-order valence-electron chi connectivity index (χ2n) is 5.99. The minimum atomic E-state index is -0.246. The number of aryl methyl sites for hydroxylation is 1. The van der Waals surface area contributed by atoms with Crippen molar-refractivity contribution in [3.05, 3.63) is 29.6 Å². The van der Waals surface area contributed by atoms with Gasteiger partial charge in [-0.25, -0.2) is 4.98 Å². The third-order valence-corrected chi connectivity index (χ3v) is 3.23. The molecule has 0 bridgehead atoms. The van der Waals surface area contributed by atoms with Crippen LogP contribution in [0.3, 0.4) is 0 Å². The Balaban J connectivity index is 2.38. The van der Waals surface area contributed by atoms with E-state index in [9.17, 15) is 4.79 Å². The van der Waals surface area contributed by atoms with E-state index in [-0.39, 0.29) is 23.9 Å². The van der Waals surface area contributed by atoms with Gasteiger partial charge in [-0.05, 0) is 39.3 Å². The van der Waals surface area contributed by atoms with Crippen molar-refractivity contribution in [2.45, 2.75) is 45.7 Å². The zero-order chi connectivity index (χ0) is 14.9. The number of fused-ring (bicyclic) bond motifs is 1. The number of imidazole rings is 1. The van der Waals surface area contributed by atoms with Crippen LogP contribution in [0.15, 0.2) is 18.2 Å². The van der Waals surface area contributed by atoms with Gasteiger partial charge in [-0.3, -0.25) is 4.79 Å². The molecule has 5 heteroatoms. The fourth-order valence-corrected chi connectivity index (χ4v) is 2.42. The average Bonchev–Trinajstić information content (AvgIpc) is 2.67. The predicted octanol–water partition coefficient (Wildman–Crippen LogP) is 3.00. The van der Waals surface area contributed by atoms with E-state index < -0.39 is 0 Å². The van der Waals surface area contributed by atoms with Crippen LogP contribution in [0.25, 0.3) is 11.0 Å². The summed E-state index contributed by atoms with van der Waals surface area (Å²) in [5.41, 5.74) is 2.70. The molecule has 1 heterocycles. The summed E-state index contributed by atoms with van der Waals surface area (Å²) in [6, 6.07) is 5.94. The summed E-state index contributed by atoms with van der Waals surface area (Å²) >= 11 is 5.96. The zero-order valence-electron chi connectivity index (χ0n) is 12.3. The number of hydrogen-bond acceptors (Lipinski definition) is 2. The van der Waals surface area contributed by atoms with E-state index in [1.165, 1.54) is 0 Å². The smallest absolute Gasteiger partial charge is 0.240 e. The Morgan fingerprint density at radius 1 is 1.40 bits per heavy atom. The lowest BCUT2D eigenvalue weighted by atomic mass is 10.1. The second kappa shape index (κ2) is 5.44. The number of nitrogens with one attached hydrogen (secondary N) is 1. The summed E-state index contributed by atoms with van der Waals surface area (Å²) in [5.74, 6) is 0.974. The monoisotopic (exact) mass is 293 g/mol. The molecule has 0 aliphatic heterocycles. The molecule has 0 spiro atoms. The number of carbonyl (C=O) groups is 1. The molecule has 0 aliphatic carbocycles. The number of halogens is 1. The molecule has 2 rings (SSSR count). The first kappa shape index (κ1) is 14.9. The summed E-state index contributed by atoms with van der Waals surface area (Å²) < 4.78 is 1.89. The molecule has 1 N–H and O–H groups in total. The van der Waals surface area contributed by atoms with Crippen molar-refractivity contribution in [1.82, 2.24) is 14.9 Å². The van der Waals surface area contributed by atoms with Crippen LogP contribution in [-0.4, -0.2) is 21.0 Å². The molecular weight excluding hydrogens is 274 g/mol. The zero-order valence-corrected chi connectivity index (χ0v) is 13.1. The van der Waals surface area contributed by atoms with Crippen LogP contribution in [0, 0.1) is 6.92 Å². The predicted molar refractivity (Wildman–Crippen MR) is 81.9 cm³/mol. The number of para-hydroxylation sites is 1. The van der Waals surface area contributed by atoms with Crippen LogP contribution >= 0.6 is 11.6 Å². The average molecular weight is 294 g/mol. The van der Waals surface area contributed by atoms with Crippen molar-refractivity contribution in [2.24, 2.45) is 0 Å². The van der Waals surface area contributed by atoms with Crippen molar-refractivity contribution < 1.29 is 4.79 Å². The topological polar surface area (TPSA) is 46.9 Å². The van der Waals surface area contributed by atoms with Crippen molar-refractivity contribution in [1.29, 1.82) is 0 Å². The number of benzene rings is 1. The largest absolute Gasteiger partial charge is 0.350 e. The van der Waals surface area contributed by atoms with Crippen molar-refractivity contribution >= 4 is 28.5 Å². The van der Waals surface area contributed by atoms with Crippen molar-refractivity contribution in [2.75, 3.05) is 0 Å². The van der Waals surface area contributed by atoms with Gasteiger partial charge in [0.2, 0.25) is 5.91 Å². The molecular formula is C15H20ClN3O. The Bertz CT molecular complexity index is 640. The van der Waals surface area contributed by atoms with Crippen LogP contribution in [0.2, 0.25) is 0 Å². The summed E-state index contributed by atoms with van der Waals surface area (Å²) in [6.45, 7) is 8.13. The SMILES string of the molecule is Cc1cccc2c1nc(CCl)n2CC(=O)NC(C)(C)C. The van der Waals surface area contributed by atoms with E-state index in [0.717, 1.165) is 22.4 Å². The fourth-order valence-electron chi connectivity index (χ4n) is 2.22. The Kier molecular flexibility index (Phi) is 4.04. The lowest BCUT2D eigenvalue weighted by Gasteiger charge is -2.21. The highest BCUT2D eigenvalue weighted by Gasteiger charge is 2.17. The maximum atomic E-state index is 12.1. The van der Waals surface area contributed by atoms with Gasteiger partial charge in [-0.1, -0.05) is 12.1 Å². The van der Waals surface area contributed by atoms with E-state index >= 15 is 0 Å². The standard InChI is InChI=1S/C15H20ClN3O/c1-10-6-5-7-11-14(10)17-12(8-16)19(11)9-13(20)18-15(2,3)4/h5-7H,8-9H2,1-4H3,(H,18,20). The minimum absolute atomic E-state index is 0.0373. The molecule has 4 nitrogen and oxygen atoms in total. The first-order valence-electron chi connectivity index (χ1n) is 6.63. The van der Waals surface area contributed by atoms with Crippen molar-refractivity contribution in [3.8, 4) is 0 Å². The fraction of sp³-hybridized carbons (Fsp3) is 0.467. The Morgan fingerprint density at radius 3 is 2.70 bits per heavy atom. The van der Waals surface area contributed by atoms with Crippen LogP contribution in [0.1, 0.15) is 32.2 Å². The summed E-state index contributed by atoms with van der Waals surface area (Å²) in [5, 5.41) is 2.96. The van der Waals surface area contributed by atoms with Gasteiger partial charge in [0.1, 0.15) is 12.4 Å². The number of alkyl halides is 1. The summed E-state index contributed by atoms with van der Waals surface area (Å²) in [7, 11) is 0. The Hall–Kier alpha value is -1.55. The molecule has 0 saturated carbocycles. The van der Waals surface area contributed by atoms with Crippen LogP contribution in [0.4, 0.5) is 0 Å². The highest BCUT2D eigenvalue weighted by Crippen LogP contribution is 2.20. The number of hydrogen-bond donors (Lipinski definition) is 1. The van der Waals surface area contributed by atoms with Crippen LogP contribution in [0.5, 0.6) is 0 Å². The van der Waals surface area contributed by atoms with Gasteiger partial charge in [0.15, 0.2) is 0 Å². The molecule has 0 unspecified atom stereocenters. The number of nitrogens with zero attached hydrogens (tertiary/aromatic N) is 2. The minimum Gasteiger partial charge on any atom is -0.350 e. The van der Waals surface area contributed by atoms with Gasteiger partial charge in [0.05, 0.1) is 16.9 Å². The van der Waals surface area contributed by atoms with Gasteiger partial charge in [0.25, 0.3) is 0 Å². The van der Waals surface area contributed by atoms with Crippen molar-refractivity contribution in [3.63, 3.8) is 0 Å². The molecule has 0 atom stereocenters. The molecule has 1 amide bonds. The highest BCUT2D eigenvalue weighted by atomic mass is 35.5. The van der Waals surface area contributed by atoms with Gasteiger partial charge in [-0.2, -0.15) is 0 Å². The first-order chi connectivity index (χ1) is 9.31. The van der Waals surface area contributed by atoms with E-state index in [1.54, 1.807) is 0 Å². The maximum absolute atomic E-state index is 12.1. The van der Waals surface area contributed by atoms with Gasteiger partial charge in [0, 0.05) is 5.54 Å². The van der Waals surface area contributed by atoms with E-state index in [4.69, 9.17) is 11.6 Å². The molecule has 0 radical (unpaired) electrons. The molecule has 1 aromatic carbocycles. The molecule has 0 saturated heterocycles. The number of carbonyl (C=O) groups excluding carboxylic acids is 1. The van der Waals surface area contributed by atoms with E-state index in [2.05, 4.69) is 10.3 Å². The van der Waals surface area contributed by atoms with Gasteiger partial charge >= 0.3 is 0 Å². The number of rotatable bonds is 3. The molecule has 0 aliphatic rings. The van der Waals surface area contributed by atoms with Crippen LogP contribution in [-0.2, 0) is 17.2 Å². The summed E-state index contributed by atoms with van der Waals surface area (Å²) in [4.78, 5) is 16.7. The first-order valence-corrected chi connectivity index (χ1v) is 7.17. The Morgan fingerprint density at radius 2 is 2.10 bits per heavy atom. The van der Waals surface area contributed by atoms with Gasteiger partial charge < -0.3 is 9.88 Å². The number of amides is 1. The lowest BCUT2D eigenvalue weighted by Crippen LogP contribution is -2.42.